The molecule has 0 spiro atoms. The minimum atomic E-state index is -0.656. The lowest BCUT2D eigenvalue weighted by atomic mass is 9.99. The van der Waals surface area contributed by atoms with Gasteiger partial charge in [0.2, 0.25) is 0 Å². The van der Waals surface area contributed by atoms with Gasteiger partial charge in [0.05, 0.1) is 6.04 Å². The molecule has 2 aromatic carbocycles. The van der Waals surface area contributed by atoms with Crippen LogP contribution >= 0.6 is 11.8 Å². The number of hydrogen-bond donors (Lipinski definition) is 1. The molecule has 2 aromatic rings. The molecular weight excluding hydrogens is 264 g/mol. The Hall–Kier alpha value is -1.39. The summed E-state index contributed by atoms with van der Waals surface area (Å²) in [5.74, 6) is 0.0233. The average molecular weight is 279 g/mol. The van der Waals surface area contributed by atoms with E-state index in [4.69, 9.17) is 5.73 Å². The van der Waals surface area contributed by atoms with Gasteiger partial charge in [-0.25, -0.2) is 8.78 Å². The highest BCUT2D eigenvalue weighted by Gasteiger charge is 2.14. The third-order valence-corrected chi connectivity index (χ3v) is 3.74. The SMILES string of the molecule is CCSc1ccc(C(N)c2cc(F)ccc2F)cc1. The van der Waals surface area contributed by atoms with E-state index in [1.54, 1.807) is 11.8 Å². The van der Waals surface area contributed by atoms with Crippen molar-refractivity contribution in [1.29, 1.82) is 0 Å². The van der Waals surface area contributed by atoms with Crippen LogP contribution in [-0.4, -0.2) is 5.75 Å². The fraction of sp³-hybridized carbons (Fsp3) is 0.200. The molecular formula is C15H15F2NS. The molecule has 2 N–H and O–H groups in total. The van der Waals surface area contributed by atoms with Gasteiger partial charge in [-0.05, 0) is 41.6 Å². The maximum Gasteiger partial charge on any atom is 0.128 e. The predicted octanol–water partition coefficient (Wildman–Crippen LogP) is 4.12. The van der Waals surface area contributed by atoms with E-state index in [9.17, 15) is 8.78 Å². The zero-order valence-corrected chi connectivity index (χ0v) is 11.4. The van der Waals surface area contributed by atoms with Crippen molar-refractivity contribution in [3.05, 3.63) is 65.2 Å². The maximum absolute atomic E-state index is 13.7. The lowest BCUT2D eigenvalue weighted by Gasteiger charge is -2.14. The molecule has 1 unspecified atom stereocenters. The van der Waals surface area contributed by atoms with Crippen LogP contribution in [-0.2, 0) is 0 Å². The van der Waals surface area contributed by atoms with E-state index in [-0.39, 0.29) is 5.56 Å². The van der Waals surface area contributed by atoms with Gasteiger partial charge < -0.3 is 5.73 Å². The second-order valence-electron chi connectivity index (χ2n) is 4.15. The van der Waals surface area contributed by atoms with Crippen LogP contribution in [0.25, 0.3) is 0 Å². The molecule has 0 aromatic heterocycles. The van der Waals surface area contributed by atoms with Crippen LogP contribution < -0.4 is 5.73 Å². The van der Waals surface area contributed by atoms with Crippen LogP contribution in [0.2, 0.25) is 0 Å². The monoisotopic (exact) mass is 279 g/mol. The van der Waals surface area contributed by atoms with Crippen molar-refractivity contribution in [3.8, 4) is 0 Å². The Morgan fingerprint density at radius 1 is 1.11 bits per heavy atom. The van der Waals surface area contributed by atoms with Crippen LogP contribution in [0.5, 0.6) is 0 Å². The summed E-state index contributed by atoms with van der Waals surface area (Å²) in [5.41, 5.74) is 6.94. The molecule has 2 rings (SSSR count). The average Bonchev–Trinajstić information content (AvgIpc) is 2.42. The third-order valence-electron chi connectivity index (χ3n) is 2.84. The predicted molar refractivity (Wildman–Crippen MR) is 75.2 cm³/mol. The lowest BCUT2D eigenvalue weighted by Crippen LogP contribution is -2.13. The minimum Gasteiger partial charge on any atom is -0.320 e. The van der Waals surface area contributed by atoms with Crippen LogP contribution in [0, 0.1) is 11.6 Å². The maximum atomic E-state index is 13.7. The highest BCUT2D eigenvalue weighted by atomic mass is 32.2. The smallest absolute Gasteiger partial charge is 0.128 e. The third kappa shape index (κ3) is 3.33. The van der Waals surface area contributed by atoms with E-state index >= 15 is 0 Å². The first kappa shape index (κ1) is 14.0. The number of thioether (sulfide) groups is 1. The van der Waals surface area contributed by atoms with Crippen molar-refractivity contribution in [2.24, 2.45) is 5.73 Å². The molecule has 0 aliphatic heterocycles. The molecule has 1 nitrogen and oxygen atoms in total. The van der Waals surface area contributed by atoms with Gasteiger partial charge in [0.1, 0.15) is 11.6 Å². The van der Waals surface area contributed by atoms with E-state index < -0.39 is 17.7 Å². The van der Waals surface area contributed by atoms with Gasteiger partial charge in [0.25, 0.3) is 0 Å². The second-order valence-corrected chi connectivity index (χ2v) is 5.48. The number of benzene rings is 2. The molecule has 0 bridgehead atoms. The van der Waals surface area contributed by atoms with Crippen molar-refractivity contribution < 1.29 is 8.78 Å². The summed E-state index contributed by atoms with van der Waals surface area (Å²) in [6, 6.07) is 10.3. The molecule has 0 radical (unpaired) electrons. The van der Waals surface area contributed by atoms with Crippen molar-refractivity contribution >= 4 is 11.8 Å². The fourth-order valence-electron chi connectivity index (χ4n) is 1.87. The molecule has 0 amide bonds. The first-order valence-corrected chi connectivity index (χ1v) is 7.03. The van der Waals surface area contributed by atoms with E-state index in [2.05, 4.69) is 6.92 Å². The Kier molecular flexibility index (Phi) is 4.56. The van der Waals surface area contributed by atoms with E-state index in [1.165, 1.54) is 0 Å². The Morgan fingerprint density at radius 2 is 1.79 bits per heavy atom. The van der Waals surface area contributed by atoms with Gasteiger partial charge >= 0.3 is 0 Å². The fourth-order valence-corrected chi connectivity index (χ4v) is 2.53. The summed E-state index contributed by atoms with van der Waals surface area (Å²) >= 11 is 1.72. The number of nitrogens with two attached hydrogens (primary N) is 1. The van der Waals surface area contributed by atoms with Gasteiger partial charge in [0, 0.05) is 10.5 Å². The summed E-state index contributed by atoms with van der Waals surface area (Å²) in [5, 5.41) is 0. The molecule has 0 aliphatic carbocycles. The van der Waals surface area contributed by atoms with Crippen LogP contribution in [0.4, 0.5) is 8.78 Å². The van der Waals surface area contributed by atoms with Gasteiger partial charge in [0.15, 0.2) is 0 Å². The molecule has 100 valence electrons. The molecule has 4 heteroatoms. The molecule has 0 saturated heterocycles. The summed E-state index contributed by atoms with van der Waals surface area (Å²) in [6.07, 6.45) is 0. The normalized spacial score (nSPS) is 12.4. The molecule has 19 heavy (non-hydrogen) atoms. The van der Waals surface area contributed by atoms with Gasteiger partial charge in [-0.3, -0.25) is 0 Å². The molecule has 1 atom stereocenters. The quantitative estimate of drug-likeness (QED) is 0.852. The Bertz CT molecular complexity index is 555. The van der Waals surface area contributed by atoms with Gasteiger partial charge in [-0.2, -0.15) is 0 Å². The zero-order valence-electron chi connectivity index (χ0n) is 10.6. The summed E-state index contributed by atoms with van der Waals surface area (Å²) in [6.45, 7) is 2.08. The minimum absolute atomic E-state index is 0.177. The number of rotatable bonds is 4. The molecule has 0 heterocycles. The zero-order chi connectivity index (χ0) is 13.8. The molecule has 0 fully saturated rings. The van der Waals surface area contributed by atoms with Crippen molar-refractivity contribution in [2.75, 3.05) is 5.75 Å². The Morgan fingerprint density at radius 3 is 2.42 bits per heavy atom. The number of halogens is 2. The largest absolute Gasteiger partial charge is 0.320 e. The van der Waals surface area contributed by atoms with Gasteiger partial charge in [-0.15, -0.1) is 11.8 Å². The molecule has 0 saturated carbocycles. The lowest BCUT2D eigenvalue weighted by molar-refractivity contribution is 0.576. The first-order valence-electron chi connectivity index (χ1n) is 6.05. The van der Waals surface area contributed by atoms with Crippen molar-refractivity contribution in [1.82, 2.24) is 0 Å². The van der Waals surface area contributed by atoms with Crippen LogP contribution in [0.15, 0.2) is 47.4 Å². The van der Waals surface area contributed by atoms with E-state index in [1.807, 2.05) is 24.3 Å². The highest BCUT2D eigenvalue weighted by Crippen LogP contribution is 2.25. The Labute approximate surface area is 115 Å². The number of hydrogen-bond acceptors (Lipinski definition) is 2. The summed E-state index contributed by atoms with van der Waals surface area (Å²) in [4.78, 5) is 1.14. The first-order chi connectivity index (χ1) is 9.11. The second kappa shape index (κ2) is 6.17. The summed E-state index contributed by atoms with van der Waals surface area (Å²) in [7, 11) is 0. The van der Waals surface area contributed by atoms with Crippen molar-refractivity contribution in [3.63, 3.8) is 0 Å². The van der Waals surface area contributed by atoms with Crippen LogP contribution in [0.1, 0.15) is 24.1 Å². The van der Waals surface area contributed by atoms with Crippen LogP contribution in [0.3, 0.4) is 0 Å². The molecule has 0 aliphatic rings. The van der Waals surface area contributed by atoms with E-state index in [0.717, 1.165) is 34.4 Å². The van der Waals surface area contributed by atoms with E-state index in [0.29, 0.717) is 0 Å². The topological polar surface area (TPSA) is 26.0 Å². The summed E-state index contributed by atoms with van der Waals surface area (Å²) < 4.78 is 26.8. The highest BCUT2D eigenvalue weighted by molar-refractivity contribution is 7.99. The van der Waals surface area contributed by atoms with Gasteiger partial charge in [-0.1, -0.05) is 19.1 Å². The van der Waals surface area contributed by atoms with Crippen molar-refractivity contribution in [2.45, 2.75) is 17.9 Å². The standard InChI is InChI=1S/C15H15F2NS/c1-2-19-12-6-3-10(4-7-12)15(18)13-9-11(16)5-8-14(13)17/h3-9,15H,2,18H2,1H3. The Balaban J connectivity index is 2.27.